The molecule has 0 heterocycles. The van der Waals surface area contributed by atoms with Gasteiger partial charge in [0, 0.05) is 16.4 Å². The number of hydrogen-bond donors (Lipinski definition) is 1. The summed E-state index contributed by atoms with van der Waals surface area (Å²) >= 11 is 0. The molecular weight excluding hydrogens is 328 g/mol. The summed E-state index contributed by atoms with van der Waals surface area (Å²) in [7, 11) is 0. The van der Waals surface area contributed by atoms with Gasteiger partial charge in [-0.3, -0.25) is 0 Å². The van der Waals surface area contributed by atoms with E-state index in [4.69, 9.17) is 0 Å². The molecule has 0 aliphatic heterocycles. The molecule has 0 aliphatic carbocycles. The Labute approximate surface area is 163 Å². The zero-order valence-electron chi connectivity index (χ0n) is 16.9. The zero-order chi connectivity index (χ0) is 19.5. The number of phenolic OH excluding ortho intramolecular Hbond substituents is 1. The van der Waals surface area contributed by atoms with Gasteiger partial charge in [-0.1, -0.05) is 100 Å². The summed E-state index contributed by atoms with van der Waals surface area (Å²) in [6.45, 7) is 8.95. The van der Waals surface area contributed by atoms with E-state index in [9.17, 15) is 5.11 Å². The monoisotopic (exact) mass is 358 g/mol. The minimum Gasteiger partial charge on any atom is -0.508 e. The Morgan fingerprint density at radius 1 is 0.630 bits per heavy atom. The lowest BCUT2D eigenvalue weighted by molar-refractivity contribution is 0.438. The summed E-state index contributed by atoms with van der Waals surface area (Å²) < 4.78 is 0. The lowest BCUT2D eigenvalue weighted by Crippen LogP contribution is -2.26. The molecule has 2 unspecified atom stereocenters. The van der Waals surface area contributed by atoms with Crippen molar-refractivity contribution in [2.45, 2.75) is 51.4 Å². The molecule has 0 amide bonds. The molecule has 0 saturated heterocycles. The first-order chi connectivity index (χ1) is 13.0. The van der Waals surface area contributed by atoms with Crippen LogP contribution >= 0.6 is 0 Å². The highest BCUT2D eigenvalue weighted by atomic mass is 16.3. The number of phenols is 1. The standard InChI is InChI=1S/C26H30O/c1-5-25(3,20-13-9-7-10-14-20)22-17-18-24(27)23(19-22)26(4,6-2)21-15-11-8-12-16-21/h7-19,27H,5-6H2,1-4H3. The van der Waals surface area contributed by atoms with Crippen molar-refractivity contribution in [3.63, 3.8) is 0 Å². The number of rotatable bonds is 6. The molecule has 27 heavy (non-hydrogen) atoms. The third-order valence-electron chi connectivity index (χ3n) is 6.46. The zero-order valence-corrected chi connectivity index (χ0v) is 16.9. The Kier molecular flexibility index (Phi) is 5.41. The molecule has 0 radical (unpaired) electrons. The molecule has 0 saturated carbocycles. The molecule has 2 atom stereocenters. The second kappa shape index (κ2) is 7.60. The lowest BCUT2D eigenvalue weighted by Gasteiger charge is -2.34. The molecule has 0 bridgehead atoms. The molecule has 0 fully saturated rings. The van der Waals surface area contributed by atoms with Crippen molar-refractivity contribution >= 4 is 0 Å². The van der Waals surface area contributed by atoms with E-state index >= 15 is 0 Å². The minimum atomic E-state index is -0.229. The minimum absolute atomic E-state index is 0.0882. The molecule has 1 N–H and O–H groups in total. The predicted molar refractivity (Wildman–Crippen MR) is 114 cm³/mol. The Morgan fingerprint density at radius 2 is 1.11 bits per heavy atom. The van der Waals surface area contributed by atoms with Crippen LogP contribution in [0.2, 0.25) is 0 Å². The molecule has 3 aromatic carbocycles. The van der Waals surface area contributed by atoms with E-state index in [1.165, 1.54) is 16.7 Å². The Hall–Kier alpha value is -2.54. The third-order valence-corrected chi connectivity index (χ3v) is 6.46. The fraction of sp³-hybridized carbons (Fsp3) is 0.308. The molecule has 3 aromatic rings. The van der Waals surface area contributed by atoms with Gasteiger partial charge in [0.05, 0.1) is 0 Å². The van der Waals surface area contributed by atoms with Gasteiger partial charge in [0.25, 0.3) is 0 Å². The van der Waals surface area contributed by atoms with Gasteiger partial charge >= 0.3 is 0 Å². The first kappa shape index (κ1) is 19.2. The average molecular weight is 359 g/mol. The van der Waals surface area contributed by atoms with Crippen LogP contribution in [0.3, 0.4) is 0 Å². The van der Waals surface area contributed by atoms with Gasteiger partial charge in [0.2, 0.25) is 0 Å². The summed E-state index contributed by atoms with van der Waals surface area (Å²) in [5.74, 6) is 0.374. The van der Waals surface area contributed by atoms with E-state index in [-0.39, 0.29) is 10.8 Å². The van der Waals surface area contributed by atoms with Crippen molar-refractivity contribution < 1.29 is 5.11 Å². The smallest absolute Gasteiger partial charge is 0.119 e. The van der Waals surface area contributed by atoms with Crippen LogP contribution in [0.4, 0.5) is 0 Å². The summed E-state index contributed by atoms with van der Waals surface area (Å²) in [4.78, 5) is 0. The van der Waals surface area contributed by atoms with E-state index in [0.717, 1.165) is 18.4 Å². The third kappa shape index (κ3) is 3.39. The van der Waals surface area contributed by atoms with Crippen LogP contribution in [0.25, 0.3) is 0 Å². The Bertz CT molecular complexity index is 885. The van der Waals surface area contributed by atoms with E-state index in [0.29, 0.717) is 5.75 Å². The highest BCUT2D eigenvalue weighted by molar-refractivity contribution is 5.51. The normalized spacial score (nSPS) is 15.7. The van der Waals surface area contributed by atoms with Gasteiger partial charge in [-0.25, -0.2) is 0 Å². The second-order valence-electron chi connectivity index (χ2n) is 7.84. The number of benzene rings is 3. The van der Waals surface area contributed by atoms with Crippen LogP contribution in [0.5, 0.6) is 5.75 Å². The van der Waals surface area contributed by atoms with Gasteiger partial charge in [-0.15, -0.1) is 0 Å². The molecule has 1 nitrogen and oxygen atoms in total. The van der Waals surface area contributed by atoms with Crippen molar-refractivity contribution in [3.05, 3.63) is 101 Å². The van der Waals surface area contributed by atoms with Crippen LogP contribution in [0, 0.1) is 0 Å². The van der Waals surface area contributed by atoms with Crippen LogP contribution in [0.15, 0.2) is 78.9 Å². The van der Waals surface area contributed by atoms with Crippen LogP contribution in [-0.4, -0.2) is 5.11 Å². The highest BCUT2D eigenvalue weighted by Gasteiger charge is 2.33. The van der Waals surface area contributed by atoms with E-state index < -0.39 is 0 Å². The fourth-order valence-corrected chi connectivity index (χ4v) is 4.06. The van der Waals surface area contributed by atoms with E-state index in [2.05, 4.69) is 94.4 Å². The topological polar surface area (TPSA) is 20.2 Å². The van der Waals surface area contributed by atoms with Gasteiger partial charge in [0.1, 0.15) is 5.75 Å². The van der Waals surface area contributed by atoms with Crippen molar-refractivity contribution in [2.24, 2.45) is 0 Å². The Morgan fingerprint density at radius 3 is 1.59 bits per heavy atom. The number of aromatic hydroxyl groups is 1. The van der Waals surface area contributed by atoms with Gasteiger partial charge in [-0.05, 0) is 35.6 Å². The molecule has 0 aromatic heterocycles. The molecule has 140 valence electrons. The lowest BCUT2D eigenvalue weighted by atomic mass is 9.69. The van der Waals surface area contributed by atoms with Crippen molar-refractivity contribution in [1.82, 2.24) is 0 Å². The largest absolute Gasteiger partial charge is 0.508 e. The van der Waals surface area contributed by atoms with Crippen molar-refractivity contribution in [2.75, 3.05) is 0 Å². The molecule has 1 heteroatoms. The number of hydrogen-bond acceptors (Lipinski definition) is 1. The summed E-state index contributed by atoms with van der Waals surface area (Å²) in [5.41, 5.74) is 4.48. The predicted octanol–water partition coefficient (Wildman–Crippen LogP) is 6.82. The first-order valence-corrected chi connectivity index (χ1v) is 9.90. The maximum atomic E-state index is 10.8. The average Bonchev–Trinajstić information content (AvgIpc) is 2.74. The summed E-state index contributed by atoms with van der Waals surface area (Å²) in [6, 6.07) is 27.3. The van der Waals surface area contributed by atoms with Crippen LogP contribution in [0.1, 0.15) is 62.8 Å². The van der Waals surface area contributed by atoms with E-state index in [1.54, 1.807) is 0 Å². The second-order valence-corrected chi connectivity index (χ2v) is 7.84. The SMILES string of the molecule is CCC(C)(c1ccccc1)c1ccc(O)c(C(C)(CC)c2ccccc2)c1. The Balaban J connectivity index is 2.17. The molecular formula is C26H30O. The van der Waals surface area contributed by atoms with Gasteiger partial charge in [-0.2, -0.15) is 0 Å². The van der Waals surface area contributed by atoms with Gasteiger partial charge < -0.3 is 5.11 Å². The van der Waals surface area contributed by atoms with E-state index in [1.807, 2.05) is 12.1 Å². The molecule has 0 spiro atoms. The first-order valence-electron chi connectivity index (χ1n) is 9.90. The molecule has 3 rings (SSSR count). The summed E-state index contributed by atoms with van der Waals surface area (Å²) in [5, 5.41) is 10.8. The summed E-state index contributed by atoms with van der Waals surface area (Å²) in [6.07, 6.45) is 1.91. The van der Waals surface area contributed by atoms with Crippen molar-refractivity contribution in [3.8, 4) is 5.75 Å². The maximum Gasteiger partial charge on any atom is 0.119 e. The fourth-order valence-electron chi connectivity index (χ4n) is 4.06. The van der Waals surface area contributed by atoms with Gasteiger partial charge in [0.15, 0.2) is 0 Å². The quantitative estimate of drug-likeness (QED) is 0.512. The molecule has 0 aliphatic rings. The maximum absolute atomic E-state index is 10.8. The van der Waals surface area contributed by atoms with Crippen LogP contribution < -0.4 is 0 Å². The highest BCUT2D eigenvalue weighted by Crippen LogP contribution is 2.43. The van der Waals surface area contributed by atoms with Crippen LogP contribution in [-0.2, 0) is 10.8 Å². The van der Waals surface area contributed by atoms with Crippen molar-refractivity contribution in [1.29, 1.82) is 0 Å².